The van der Waals surface area contributed by atoms with E-state index in [-0.39, 0.29) is 5.41 Å². The van der Waals surface area contributed by atoms with Crippen molar-refractivity contribution in [1.82, 2.24) is 4.57 Å². The van der Waals surface area contributed by atoms with Crippen LogP contribution >= 0.6 is 0 Å². The van der Waals surface area contributed by atoms with Crippen molar-refractivity contribution >= 4 is 71.6 Å². The molecule has 65 heavy (non-hydrogen) atoms. The highest BCUT2D eigenvalue weighted by molar-refractivity contribution is 6.23. The molecule has 1 aliphatic rings. The average Bonchev–Trinajstić information content (AvgIpc) is 4.01. The molecule has 1 atom stereocenters. The van der Waals surface area contributed by atoms with Crippen molar-refractivity contribution in [1.29, 1.82) is 0 Å². The maximum atomic E-state index is 6.88. The van der Waals surface area contributed by atoms with Crippen LogP contribution in [0.15, 0.2) is 223 Å². The second kappa shape index (κ2) is 14.5. The number of para-hydroxylation sites is 3. The van der Waals surface area contributed by atoms with E-state index >= 15 is 0 Å². The van der Waals surface area contributed by atoms with Crippen LogP contribution in [0.1, 0.15) is 31.4 Å². The van der Waals surface area contributed by atoms with Crippen LogP contribution in [0.3, 0.4) is 0 Å². The van der Waals surface area contributed by atoms with Gasteiger partial charge in [-0.05, 0) is 122 Å². The minimum atomic E-state index is -0.101. The minimum Gasteiger partial charge on any atom is -0.454 e. The molecule has 0 aliphatic heterocycles. The summed E-state index contributed by atoms with van der Waals surface area (Å²) in [5.74, 6) is 0. The first-order valence-corrected chi connectivity index (χ1v) is 22.7. The maximum Gasteiger partial charge on any atom is 0.160 e. The Labute approximate surface area is 378 Å². The van der Waals surface area contributed by atoms with E-state index in [0.29, 0.717) is 0 Å². The van der Waals surface area contributed by atoms with Gasteiger partial charge in [0.2, 0.25) is 0 Å². The van der Waals surface area contributed by atoms with Crippen molar-refractivity contribution in [2.75, 3.05) is 4.90 Å². The summed E-state index contributed by atoms with van der Waals surface area (Å²) < 4.78 is 9.25. The highest BCUT2D eigenvalue weighted by Crippen LogP contribution is 2.53. The van der Waals surface area contributed by atoms with E-state index in [1.807, 2.05) is 0 Å². The molecular weight excluding hydrogens is 789 g/mol. The number of furan rings is 1. The van der Waals surface area contributed by atoms with Crippen molar-refractivity contribution in [3.05, 3.63) is 230 Å². The Kier molecular flexibility index (Phi) is 8.32. The van der Waals surface area contributed by atoms with Gasteiger partial charge in [0.15, 0.2) is 5.58 Å². The fourth-order valence-corrected chi connectivity index (χ4v) is 10.9. The topological polar surface area (TPSA) is 21.3 Å². The number of rotatable bonds is 7. The van der Waals surface area contributed by atoms with E-state index in [9.17, 15) is 0 Å². The molecule has 308 valence electrons. The summed E-state index contributed by atoms with van der Waals surface area (Å²) in [7, 11) is 0. The summed E-state index contributed by atoms with van der Waals surface area (Å²) in [6.45, 7) is 4.72. The molecule has 0 amide bonds. The number of benzene rings is 10. The quantitative estimate of drug-likeness (QED) is 0.160. The van der Waals surface area contributed by atoms with Gasteiger partial charge in [0.1, 0.15) is 5.58 Å². The first kappa shape index (κ1) is 37.4. The number of anilines is 3. The molecular formula is C62H44N2O. The maximum absolute atomic E-state index is 6.88. The van der Waals surface area contributed by atoms with E-state index in [1.54, 1.807) is 0 Å². The summed E-state index contributed by atoms with van der Waals surface area (Å²) in [5, 5.41) is 7.18. The lowest BCUT2D eigenvalue weighted by molar-refractivity contribution is 0.564. The van der Waals surface area contributed by atoms with Gasteiger partial charge in [-0.15, -0.1) is 0 Å². The zero-order valence-electron chi connectivity index (χ0n) is 36.3. The van der Waals surface area contributed by atoms with Gasteiger partial charge in [0.05, 0.1) is 16.7 Å². The Hall–Kier alpha value is -8.14. The van der Waals surface area contributed by atoms with Crippen molar-refractivity contribution in [3.63, 3.8) is 0 Å². The zero-order valence-corrected chi connectivity index (χ0v) is 36.3. The van der Waals surface area contributed by atoms with Crippen molar-refractivity contribution in [2.45, 2.75) is 25.7 Å². The third-order valence-corrected chi connectivity index (χ3v) is 14.3. The Morgan fingerprint density at radius 1 is 0.462 bits per heavy atom. The molecule has 1 aliphatic carbocycles. The molecule has 13 rings (SSSR count). The van der Waals surface area contributed by atoms with E-state index in [2.05, 4.69) is 242 Å². The minimum absolute atomic E-state index is 0.101. The Morgan fingerprint density at radius 3 is 1.66 bits per heavy atom. The normalized spacial score (nSPS) is 14.4. The fraction of sp³-hybridized carbons (Fsp3) is 0.0645. The number of hydrogen-bond acceptors (Lipinski definition) is 2. The monoisotopic (exact) mass is 832 g/mol. The van der Waals surface area contributed by atoms with Crippen molar-refractivity contribution in [3.8, 4) is 39.1 Å². The number of hydrogen-bond donors (Lipinski definition) is 0. The molecule has 0 fully saturated rings. The second-order valence-electron chi connectivity index (χ2n) is 17.8. The fourth-order valence-electron chi connectivity index (χ4n) is 10.9. The lowest BCUT2D eigenvalue weighted by Crippen LogP contribution is -2.20. The Morgan fingerprint density at radius 2 is 0.985 bits per heavy atom. The summed E-state index contributed by atoms with van der Waals surface area (Å²) in [6, 6.07) is 79.8. The number of aromatic nitrogens is 1. The molecule has 2 heterocycles. The van der Waals surface area contributed by atoms with Gasteiger partial charge in [-0.2, -0.15) is 0 Å². The van der Waals surface area contributed by atoms with E-state index in [4.69, 9.17) is 4.42 Å². The van der Waals surface area contributed by atoms with Crippen LogP contribution in [0.2, 0.25) is 0 Å². The molecule has 0 spiro atoms. The molecule has 0 saturated carbocycles. The van der Waals surface area contributed by atoms with Crippen LogP contribution < -0.4 is 4.90 Å². The molecule has 0 radical (unpaired) electrons. The summed E-state index contributed by atoms with van der Waals surface area (Å²) in [6.07, 6.45) is 1.01. The summed E-state index contributed by atoms with van der Waals surface area (Å²) >= 11 is 0. The van der Waals surface area contributed by atoms with Gasteiger partial charge in [0.25, 0.3) is 0 Å². The first-order valence-electron chi connectivity index (χ1n) is 22.7. The number of nitrogens with zero attached hydrogens (tertiary/aromatic N) is 2. The predicted octanol–water partition coefficient (Wildman–Crippen LogP) is 17.3. The average molecular weight is 833 g/mol. The van der Waals surface area contributed by atoms with Crippen LogP contribution in [0.25, 0.3) is 93.6 Å². The molecule has 12 aromatic rings. The molecule has 2 aromatic heterocycles. The predicted molar refractivity (Wildman–Crippen MR) is 273 cm³/mol. The molecule has 0 bridgehead atoms. The van der Waals surface area contributed by atoms with Crippen LogP contribution in [0, 0.1) is 0 Å². The van der Waals surface area contributed by atoms with Gasteiger partial charge in [-0.1, -0.05) is 172 Å². The molecule has 10 aromatic carbocycles. The van der Waals surface area contributed by atoms with E-state index in [0.717, 1.165) is 56.7 Å². The first-order chi connectivity index (χ1) is 32.1. The number of fused-ring (bicyclic) bond motifs is 11. The Bertz CT molecular complexity index is 3760. The summed E-state index contributed by atoms with van der Waals surface area (Å²) in [5.41, 5.74) is 18.6. The Balaban J connectivity index is 0.890. The lowest BCUT2D eigenvalue weighted by atomic mass is 9.78. The smallest absolute Gasteiger partial charge is 0.160 e. The third-order valence-electron chi connectivity index (χ3n) is 14.3. The largest absolute Gasteiger partial charge is 0.454 e. The zero-order chi connectivity index (χ0) is 43.2. The summed E-state index contributed by atoms with van der Waals surface area (Å²) in [4.78, 5) is 2.41. The third kappa shape index (κ3) is 5.68. The highest BCUT2D eigenvalue weighted by atomic mass is 16.3. The molecule has 3 nitrogen and oxygen atoms in total. The molecule has 1 unspecified atom stereocenters. The van der Waals surface area contributed by atoms with Crippen molar-refractivity contribution in [2.24, 2.45) is 0 Å². The van der Waals surface area contributed by atoms with Crippen LogP contribution in [0.4, 0.5) is 17.1 Å². The van der Waals surface area contributed by atoms with Crippen LogP contribution in [0.5, 0.6) is 0 Å². The molecule has 0 saturated heterocycles. The molecule has 0 N–H and O–H groups in total. The van der Waals surface area contributed by atoms with Crippen LogP contribution in [-0.4, -0.2) is 4.57 Å². The van der Waals surface area contributed by atoms with Gasteiger partial charge >= 0.3 is 0 Å². The molecule has 3 heteroatoms. The van der Waals surface area contributed by atoms with E-state index in [1.165, 1.54) is 71.5 Å². The SMILES string of the molecule is CCC1(C)c2ccccc2-c2ccc(N(c3ccc(-c4ccc(-c5ccc(-n6c7ccccc7c7ccccc76)cc5)cc4)cc3)c3cc4ccccc4c4c3oc3ccccc34)cc21. The van der Waals surface area contributed by atoms with Gasteiger partial charge < -0.3 is 13.9 Å². The van der Waals surface area contributed by atoms with E-state index < -0.39 is 0 Å². The standard InChI is InChI=1S/C62H44N2O/c1-3-62(2)54-20-10-6-16-49(54)50-37-36-47(39-55(50)62)63(58-38-44-14-4-5-15-48(44)60-53-19-9-13-23-59(53)65-61(58)60)45-32-28-42(29-33-45)40-24-26-41(27-25-40)43-30-34-46(35-31-43)64-56-21-11-7-17-51(56)52-18-8-12-22-57(52)64/h4-39H,3H2,1-2H3. The lowest BCUT2D eigenvalue weighted by Gasteiger charge is -2.30. The van der Waals surface area contributed by atoms with Crippen LogP contribution in [-0.2, 0) is 5.41 Å². The highest BCUT2D eigenvalue weighted by Gasteiger charge is 2.38. The van der Waals surface area contributed by atoms with Gasteiger partial charge in [0, 0.05) is 44.0 Å². The van der Waals surface area contributed by atoms with Crippen molar-refractivity contribution < 1.29 is 4.42 Å². The second-order valence-corrected chi connectivity index (χ2v) is 17.8. The van der Waals surface area contributed by atoms with Gasteiger partial charge in [-0.25, -0.2) is 0 Å². The van der Waals surface area contributed by atoms with Gasteiger partial charge in [-0.3, -0.25) is 0 Å².